The van der Waals surface area contributed by atoms with E-state index < -0.39 is 17.9 Å². The van der Waals surface area contributed by atoms with Crippen LogP contribution in [0, 0.1) is 6.92 Å². The van der Waals surface area contributed by atoms with Gasteiger partial charge < -0.3 is 19.2 Å². The van der Waals surface area contributed by atoms with Gasteiger partial charge in [0.2, 0.25) is 17.6 Å². The van der Waals surface area contributed by atoms with E-state index in [1.807, 2.05) is 49.4 Å². The molecule has 0 amide bonds. The fourth-order valence-electron chi connectivity index (χ4n) is 2.85. The van der Waals surface area contributed by atoms with Gasteiger partial charge in [0.05, 0.1) is 0 Å². The molecule has 0 saturated heterocycles. The van der Waals surface area contributed by atoms with Crippen molar-refractivity contribution >= 4 is 17.4 Å². The van der Waals surface area contributed by atoms with E-state index in [9.17, 15) is 9.59 Å². The Morgan fingerprint density at radius 3 is 2.57 bits per heavy atom. The Labute approximate surface area is 172 Å². The fraction of sp³-hybridized carbons (Fsp3) is 0.182. The summed E-state index contributed by atoms with van der Waals surface area (Å²) in [5.41, 5.74) is 2.37. The lowest BCUT2D eigenvalue weighted by Gasteiger charge is -2.11. The number of rotatable bonds is 6. The predicted octanol–water partition coefficient (Wildman–Crippen LogP) is 3.57. The third-order valence-electron chi connectivity index (χ3n) is 4.46. The minimum absolute atomic E-state index is 0.0641. The smallest absolute Gasteiger partial charge is 0.348 e. The van der Waals surface area contributed by atoms with E-state index in [0.717, 1.165) is 11.1 Å². The molecule has 2 heterocycles. The van der Waals surface area contributed by atoms with Crippen LogP contribution in [0.5, 0.6) is 0 Å². The van der Waals surface area contributed by atoms with Gasteiger partial charge in [-0.05, 0) is 38.1 Å². The first kappa shape index (κ1) is 19.4. The molecular formula is C22H19N3O5. The van der Waals surface area contributed by atoms with E-state index >= 15 is 0 Å². The maximum absolute atomic E-state index is 12.6. The maximum Gasteiger partial charge on any atom is 0.348 e. The highest BCUT2D eigenvalue weighted by Gasteiger charge is 2.34. The van der Waals surface area contributed by atoms with Gasteiger partial charge in [-0.3, -0.25) is 4.79 Å². The lowest BCUT2D eigenvalue weighted by atomic mass is 10.1. The summed E-state index contributed by atoms with van der Waals surface area (Å²) in [6.07, 6.45) is -0.844. The molecule has 0 spiro atoms. The number of hydrogen-bond acceptors (Lipinski definition) is 8. The van der Waals surface area contributed by atoms with Crippen LogP contribution in [0.25, 0.3) is 11.5 Å². The second kappa shape index (κ2) is 8.20. The first-order valence-corrected chi connectivity index (χ1v) is 9.35. The number of ether oxygens (including phenoxy) is 2. The van der Waals surface area contributed by atoms with Crippen LogP contribution in [0.15, 0.2) is 70.5 Å². The topological polar surface area (TPSA) is 104 Å². The van der Waals surface area contributed by atoms with Gasteiger partial charge in [-0.2, -0.15) is 0 Å². The monoisotopic (exact) mass is 405 g/mol. The number of carbonyl (C=O) groups excluding carboxylic acids is 2. The molecule has 1 atom stereocenters. The SMILES string of the molecule is Cc1ccc(-c2nnc([C@@H](C)OC(=O)C3=C(Nc4ccccc4)OCC3=O)o2)cc1. The molecule has 0 radical (unpaired) electrons. The summed E-state index contributed by atoms with van der Waals surface area (Å²) in [5, 5.41) is 10.9. The molecule has 1 aromatic heterocycles. The van der Waals surface area contributed by atoms with Crippen LogP contribution in [0.4, 0.5) is 5.69 Å². The Morgan fingerprint density at radius 2 is 1.83 bits per heavy atom. The highest BCUT2D eigenvalue weighted by molar-refractivity contribution is 6.19. The molecule has 0 aliphatic carbocycles. The highest BCUT2D eigenvalue weighted by atomic mass is 16.6. The zero-order valence-electron chi connectivity index (χ0n) is 16.4. The zero-order valence-corrected chi connectivity index (χ0v) is 16.4. The molecule has 8 nitrogen and oxygen atoms in total. The maximum atomic E-state index is 12.6. The van der Waals surface area contributed by atoms with Crippen LogP contribution >= 0.6 is 0 Å². The fourth-order valence-corrected chi connectivity index (χ4v) is 2.85. The van der Waals surface area contributed by atoms with Crippen molar-refractivity contribution in [2.75, 3.05) is 11.9 Å². The van der Waals surface area contributed by atoms with Crippen molar-refractivity contribution in [1.29, 1.82) is 0 Å². The summed E-state index contributed by atoms with van der Waals surface area (Å²) in [7, 11) is 0. The Bertz CT molecular complexity index is 1100. The number of nitrogens with zero attached hydrogens (tertiary/aromatic N) is 2. The molecule has 0 bridgehead atoms. The van der Waals surface area contributed by atoms with Gasteiger partial charge in [0.25, 0.3) is 5.89 Å². The van der Waals surface area contributed by atoms with Crippen LogP contribution in [-0.4, -0.2) is 28.6 Å². The first-order chi connectivity index (χ1) is 14.5. The summed E-state index contributed by atoms with van der Waals surface area (Å²) in [4.78, 5) is 24.8. The average Bonchev–Trinajstić information content (AvgIpc) is 3.37. The number of benzene rings is 2. The lowest BCUT2D eigenvalue weighted by Crippen LogP contribution is -2.18. The number of esters is 1. The number of hydrogen-bond donors (Lipinski definition) is 1. The minimum Gasteiger partial charge on any atom is -0.470 e. The van der Waals surface area contributed by atoms with E-state index in [1.165, 1.54) is 0 Å². The van der Waals surface area contributed by atoms with Crippen LogP contribution in [0.1, 0.15) is 24.5 Å². The molecule has 0 unspecified atom stereocenters. The Hall–Kier alpha value is -3.94. The summed E-state index contributed by atoms with van der Waals surface area (Å²) in [6.45, 7) is 3.34. The Morgan fingerprint density at radius 1 is 1.10 bits per heavy atom. The van der Waals surface area contributed by atoms with E-state index in [1.54, 1.807) is 19.1 Å². The summed E-state index contributed by atoms with van der Waals surface area (Å²) >= 11 is 0. The summed E-state index contributed by atoms with van der Waals surface area (Å²) in [5.74, 6) is -0.772. The van der Waals surface area contributed by atoms with Crippen molar-refractivity contribution in [3.8, 4) is 11.5 Å². The third kappa shape index (κ3) is 4.07. The number of ketones is 1. The van der Waals surface area contributed by atoms with Gasteiger partial charge in [-0.25, -0.2) is 4.79 Å². The molecule has 0 fully saturated rings. The van der Waals surface area contributed by atoms with Crippen LogP contribution in [0.3, 0.4) is 0 Å². The van der Waals surface area contributed by atoms with Crippen molar-refractivity contribution in [2.24, 2.45) is 0 Å². The number of aromatic nitrogens is 2. The molecule has 1 aliphatic heterocycles. The normalized spacial score (nSPS) is 14.4. The summed E-state index contributed by atoms with van der Waals surface area (Å²) in [6, 6.07) is 16.7. The molecular weight excluding hydrogens is 386 g/mol. The number of nitrogens with one attached hydrogen (secondary N) is 1. The molecule has 2 aromatic carbocycles. The van der Waals surface area contributed by atoms with E-state index in [4.69, 9.17) is 13.9 Å². The standard InChI is InChI=1S/C22H19N3O5/c1-13-8-10-15(11-9-13)20-25-24-19(30-20)14(2)29-22(27)18-17(26)12-28-21(18)23-16-6-4-3-5-7-16/h3-11,14,23H,12H2,1-2H3/t14-/m1/s1. The van der Waals surface area contributed by atoms with Crippen molar-refractivity contribution in [3.05, 3.63) is 77.5 Å². The predicted molar refractivity (Wildman–Crippen MR) is 107 cm³/mol. The van der Waals surface area contributed by atoms with Gasteiger partial charge in [0.15, 0.2) is 18.3 Å². The quantitative estimate of drug-likeness (QED) is 0.490. The second-order valence-electron chi connectivity index (χ2n) is 6.77. The Balaban J connectivity index is 1.49. The zero-order chi connectivity index (χ0) is 21.1. The molecule has 30 heavy (non-hydrogen) atoms. The largest absolute Gasteiger partial charge is 0.470 e. The van der Waals surface area contributed by atoms with Gasteiger partial charge in [0.1, 0.15) is 0 Å². The third-order valence-corrected chi connectivity index (χ3v) is 4.46. The second-order valence-corrected chi connectivity index (χ2v) is 6.77. The average molecular weight is 405 g/mol. The van der Waals surface area contributed by atoms with E-state index in [2.05, 4.69) is 15.5 Å². The molecule has 3 aromatic rings. The van der Waals surface area contributed by atoms with Gasteiger partial charge >= 0.3 is 5.97 Å². The van der Waals surface area contributed by atoms with E-state index in [0.29, 0.717) is 11.6 Å². The van der Waals surface area contributed by atoms with Crippen LogP contribution < -0.4 is 5.32 Å². The minimum atomic E-state index is -0.844. The van der Waals surface area contributed by atoms with Gasteiger partial charge in [0, 0.05) is 11.3 Å². The molecule has 1 N–H and O–H groups in total. The van der Waals surface area contributed by atoms with Crippen molar-refractivity contribution in [2.45, 2.75) is 20.0 Å². The molecule has 1 aliphatic rings. The van der Waals surface area contributed by atoms with Crippen LogP contribution in [0.2, 0.25) is 0 Å². The summed E-state index contributed by atoms with van der Waals surface area (Å²) < 4.78 is 16.4. The Kier molecular flexibility index (Phi) is 5.30. The number of anilines is 1. The molecule has 0 saturated carbocycles. The number of para-hydroxylation sites is 1. The van der Waals surface area contributed by atoms with Crippen molar-refractivity contribution in [1.82, 2.24) is 10.2 Å². The van der Waals surface area contributed by atoms with E-state index in [-0.39, 0.29) is 24.0 Å². The first-order valence-electron chi connectivity index (χ1n) is 9.35. The molecule has 4 rings (SSSR count). The van der Waals surface area contributed by atoms with Crippen LogP contribution in [-0.2, 0) is 19.1 Å². The number of carbonyl (C=O) groups is 2. The molecule has 152 valence electrons. The number of aryl methyl sites for hydroxylation is 1. The number of Topliss-reactive ketones (excluding diaryl/α,β-unsaturated/α-hetero) is 1. The van der Waals surface area contributed by atoms with Gasteiger partial charge in [-0.15, -0.1) is 10.2 Å². The lowest BCUT2D eigenvalue weighted by molar-refractivity contribution is -0.145. The van der Waals surface area contributed by atoms with Crippen molar-refractivity contribution < 1.29 is 23.5 Å². The van der Waals surface area contributed by atoms with Crippen molar-refractivity contribution in [3.63, 3.8) is 0 Å². The van der Waals surface area contributed by atoms with Gasteiger partial charge in [-0.1, -0.05) is 35.9 Å². The molecule has 8 heteroatoms. The highest BCUT2D eigenvalue weighted by Crippen LogP contribution is 2.26.